The lowest BCUT2D eigenvalue weighted by molar-refractivity contribution is -0.129. The van der Waals surface area contributed by atoms with Crippen LogP contribution in [0.1, 0.15) is 56.2 Å². The minimum atomic E-state index is -0.429. The van der Waals surface area contributed by atoms with Gasteiger partial charge in [0.25, 0.3) is 0 Å². The Hall–Kier alpha value is -2.88. The first-order valence-electron chi connectivity index (χ1n) is 9.42. The van der Waals surface area contributed by atoms with E-state index in [0.717, 1.165) is 29.7 Å². The highest BCUT2D eigenvalue weighted by Crippen LogP contribution is 2.22. The summed E-state index contributed by atoms with van der Waals surface area (Å²) in [7, 11) is 0. The molecule has 0 radical (unpaired) electrons. The largest absolute Gasteiger partial charge is 0.494 e. The molecule has 0 spiro atoms. The van der Waals surface area contributed by atoms with Crippen LogP contribution < -0.4 is 4.74 Å². The van der Waals surface area contributed by atoms with Crippen LogP contribution in [-0.4, -0.2) is 18.5 Å². The van der Waals surface area contributed by atoms with Gasteiger partial charge < -0.3 is 9.47 Å². The standard InChI is InChI=1S/C23H25NO3/c1-4-5-14-26-20-12-10-19(11-13-20)22-24-21(23(25)27-22)15-17-6-8-18(9-7-17)16(2)3/h6-13,15-16H,4-5,14H2,1-3H3/b21-15-. The van der Waals surface area contributed by atoms with Gasteiger partial charge in [-0.2, -0.15) is 0 Å². The number of hydrogen-bond acceptors (Lipinski definition) is 4. The molecule has 0 saturated heterocycles. The molecule has 1 aliphatic rings. The fraction of sp³-hybridized carbons (Fsp3) is 0.304. The molecular weight excluding hydrogens is 338 g/mol. The van der Waals surface area contributed by atoms with Gasteiger partial charge in [0, 0.05) is 5.56 Å². The second-order valence-corrected chi connectivity index (χ2v) is 6.88. The van der Waals surface area contributed by atoms with Crippen molar-refractivity contribution in [3.63, 3.8) is 0 Å². The van der Waals surface area contributed by atoms with Crippen molar-refractivity contribution in [3.8, 4) is 5.75 Å². The van der Waals surface area contributed by atoms with Crippen LogP contribution in [0.3, 0.4) is 0 Å². The number of cyclic esters (lactones) is 1. The number of carbonyl (C=O) groups is 1. The quantitative estimate of drug-likeness (QED) is 0.379. The zero-order valence-corrected chi connectivity index (χ0v) is 16.1. The van der Waals surface area contributed by atoms with Crippen molar-refractivity contribution in [1.82, 2.24) is 0 Å². The maximum absolute atomic E-state index is 12.1. The van der Waals surface area contributed by atoms with E-state index in [9.17, 15) is 4.79 Å². The molecule has 0 unspecified atom stereocenters. The van der Waals surface area contributed by atoms with E-state index in [1.54, 1.807) is 6.08 Å². The molecule has 140 valence electrons. The highest BCUT2D eigenvalue weighted by molar-refractivity contribution is 6.12. The van der Waals surface area contributed by atoms with Crippen molar-refractivity contribution in [3.05, 3.63) is 70.9 Å². The van der Waals surface area contributed by atoms with Crippen molar-refractivity contribution in [2.75, 3.05) is 6.61 Å². The number of rotatable bonds is 7. The maximum atomic E-state index is 12.1. The van der Waals surface area contributed by atoms with Crippen LogP contribution in [-0.2, 0) is 9.53 Å². The van der Waals surface area contributed by atoms with Gasteiger partial charge in [-0.3, -0.25) is 0 Å². The van der Waals surface area contributed by atoms with Gasteiger partial charge in [-0.05, 0) is 53.8 Å². The summed E-state index contributed by atoms with van der Waals surface area (Å²) in [6.45, 7) is 7.13. The van der Waals surface area contributed by atoms with E-state index in [0.29, 0.717) is 24.1 Å². The van der Waals surface area contributed by atoms with Gasteiger partial charge in [0.05, 0.1) is 6.61 Å². The first-order chi connectivity index (χ1) is 13.1. The van der Waals surface area contributed by atoms with Gasteiger partial charge in [0.1, 0.15) is 5.75 Å². The molecule has 0 amide bonds. The molecule has 0 aromatic heterocycles. The number of benzene rings is 2. The molecule has 0 N–H and O–H groups in total. The minimum Gasteiger partial charge on any atom is -0.494 e. The predicted molar refractivity (Wildman–Crippen MR) is 108 cm³/mol. The summed E-state index contributed by atoms with van der Waals surface area (Å²) < 4.78 is 11.0. The molecule has 1 aliphatic heterocycles. The van der Waals surface area contributed by atoms with E-state index in [4.69, 9.17) is 9.47 Å². The number of hydrogen-bond donors (Lipinski definition) is 0. The van der Waals surface area contributed by atoms with Gasteiger partial charge in [0.2, 0.25) is 5.90 Å². The van der Waals surface area contributed by atoms with E-state index < -0.39 is 5.97 Å². The number of esters is 1. The molecule has 1 heterocycles. The topological polar surface area (TPSA) is 47.9 Å². The zero-order chi connectivity index (χ0) is 19.2. The highest BCUT2D eigenvalue weighted by Gasteiger charge is 2.24. The average molecular weight is 363 g/mol. The number of nitrogens with zero attached hydrogens (tertiary/aromatic N) is 1. The first kappa shape index (κ1) is 18.9. The lowest BCUT2D eigenvalue weighted by Crippen LogP contribution is -2.05. The Kier molecular flexibility index (Phi) is 6.07. The summed E-state index contributed by atoms with van der Waals surface area (Å²) >= 11 is 0. The molecule has 0 saturated carbocycles. The fourth-order valence-corrected chi connectivity index (χ4v) is 2.70. The summed E-state index contributed by atoms with van der Waals surface area (Å²) in [5, 5.41) is 0. The Bertz CT molecular complexity index is 846. The molecule has 0 aliphatic carbocycles. The Morgan fingerprint density at radius 3 is 2.41 bits per heavy atom. The van der Waals surface area contributed by atoms with Crippen LogP contribution in [0, 0.1) is 0 Å². The van der Waals surface area contributed by atoms with Crippen LogP contribution in [0.15, 0.2) is 59.2 Å². The molecule has 0 fully saturated rings. The fourth-order valence-electron chi connectivity index (χ4n) is 2.70. The monoisotopic (exact) mass is 363 g/mol. The maximum Gasteiger partial charge on any atom is 0.363 e. The smallest absolute Gasteiger partial charge is 0.363 e. The van der Waals surface area contributed by atoms with Crippen LogP contribution in [0.5, 0.6) is 5.75 Å². The Morgan fingerprint density at radius 1 is 1.07 bits per heavy atom. The molecular formula is C23H25NO3. The second kappa shape index (κ2) is 8.67. The third kappa shape index (κ3) is 4.85. The lowest BCUT2D eigenvalue weighted by Gasteiger charge is -2.05. The zero-order valence-electron chi connectivity index (χ0n) is 16.1. The minimum absolute atomic E-state index is 0.311. The molecule has 0 bridgehead atoms. The average Bonchev–Trinajstić information content (AvgIpc) is 3.03. The SMILES string of the molecule is CCCCOc1ccc(C2=N/C(=C\c3ccc(C(C)C)cc3)C(=O)O2)cc1. The molecule has 2 aromatic carbocycles. The number of carbonyl (C=O) groups excluding carboxylic acids is 1. The first-order valence-corrected chi connectivity index (χ1v) is 9.42. The Morgan fingerprint density at radius 2 is 1.78 bits per heavy atom. The van der Waals surface area contributed by atoms with Crippen LogP contribution in [0.4, 0.5) is 0 Å². The van der Waals surface area contributed by atoms with Crippen LogP contribution in [0.2, 0.25) is 0 Å². The van der Waals surface area contributed by atoms with E-state index in [-0.39, 0.29) is 0 Å². The van der Waals surface area contributed by atoms with Gasteiger partial charge in [-0.15, -0.1) is 0 Å². The van der Waals surface area contributed by atoms with E-state index in [1.165, 1.54) is 5.56 Å². The number of ether oxygens (including phenoxy) is 2. The van der Waals surface area contributed by atoms with Crippen LogP contribution in [0.25, 0.3) is 6.08 Å². The van der Waals surface area contributed by atoms with Crippen molar-refractivity contribution < 1.29 is 14.3 Å². The lowest BCUT2D eigenvalue weighted by atomic mass is 10.0. The Balaban J connectivity index is 1.73. The number of aliphatic imine (C=N–C) groups is 1. The molecule has 3 rings (SSSR count). The third-order valence-electron chi connectivity index (χ3n) is 4.39. The predicted octanol–water partition coefficient (Wildman–Crippen LogP) is 5.33. The van der Waals surface area contributed by atoms with E-state index in [2.05, 4.69) is 37.9 Å². The van der Waals surface area contributed by atoms with E-state index in [1.807, 2.05) is 36.4 Å². The second-order valence-electron chi connectivity index (χ2n) is 6.88. The Labute approximate surface area is 160 Å². The molecule has 0 atom stereocenters. The molecule has 2 aromatic rings. The van der Waals surface area contributed by atoms with Crippen LogP contribution >= 0.6 is 0 Å². The molecule has 27 heavy (non-hydrogen) atoms. The van der Waals surface area contributed by atoms with Crippen molar-refractivity contribution in [2.45, 2.75) is 39.5 Å². The van der Waals surface area contributed by atoms with Gasteiger partial charge in [-0.25, -0.2) is 9.79 Å². The van der Waals surface area contributed by atoms with E-state index >= 15 is 0 Å². The summed E-state index contributed by atoms with van der Waals surface area (Å²) in [5.74, 6) is 1.17. The third-order valence-corrected chi connectivity index (χ3v) is 4.39. The summed E-state index contributed by atoms with van der Waals surface area (Å²) in [6, 6.07) is 15.6. The van der Waals surface area contributed by atoms with Gasteiger partial charge in [-0.1, -0.05) is 51.5 Å². The number of unbranched alkanes of at least 4 members (excludes halogenated alkanes) is 1. The summed E-state index contributed by atoms with van der Waals surface area (Å²) in [6.07, 6.45) is 3.88. The van der Waals surface area contributed by atoms with Crippen molar-refractivity contribution in [2.24, 2.45) is 4.99 Å². The highest BCUT2D eigenvalue weighted by atomic mass is 16.6. The van der Waals surface area contributed by atoms with Crippen molar-refractivity contribution in [1.29, 1.82) is 0 Å². The molecule has 4 nitrogen and oxygen atoms in total. The van der Waals surface area contributed by atoms with Crippen molar-refractivity contribution >= 4 is 17.9 Å². The summed E-state index contributed by atoms with van der Waals surface area (Å²) in [5.41, 5.74) is 3.25. The summed E-state index contributed by atoms with van der Waals surface area (Å²) in [4.78, 5) is 16.5. The normalized spacial score (nSPS) is 15.2. The van der Waals surface area contributed by atoms with Gasteiger partial charge >= 0.3 is 5.97 Å². The van der Waals surface area contributed by atoms with Gasteiger partial charge in [0.15, 0.2) is 5.70 Å². The molecule has 4 heteroatoms.